The predicted octanol–water partition coefficient (Wildman–Crippen LogP) is 3.34. The second-order valence-corrected chi connectivity index (χ2v) is 10.9. The van der Waals surface area contributed by atoms with Crippen molar-refractivity contribution >= 4 is 44.2 Å². The number of sulfonamides is 1. The molecule has 0 fully saturated rings. The maximum atomic E-state index is 13.1. The summed E-state index contributed by atoms with van der Waals surface area (Å²) in [5.41, 5.74) is 2.92. The molecule has 0 aliphatic heterocycles. The van der Waals surface area contributed by atoms with Crippen LogP contribution in [-0.4, -0.2) is 44.2 Å². The highest BCUT2D eigenvalue weighted by Gasteiger charge is 2.22. The van der Waals surface area contributed by atoms with Crippen LogP contribution < -0.4 is 20.5 Å². The number of primary sulfonamides is 1. The Morgan fingerprint density at radius 3 is 2.39 bits per heavy atom. The minimum Gasteiger partial charge on any atom is -0.497 e. The van der Waals surface area contributed by atoms with Gasteiger partial charge in [0.25, 0.3) is 0 Å². The van der Waals surface area contributed by atoms with Gasteiger partial charge >= 0.3 is 0 Å². The lowest BCUT2D eigenvalue weighted by Crippen LogP contribution is -2.44. The van der Waals surface area contributed by atoms with E-state index in [1.807, 2.05) is 25.1 Å². The molecular weight excluding hydrogens is 508 g/mol. The molecule has 5 N–H and O–H groups in total. The first-order valence-electron chi connectivity index (χ1n) is 12.4. The average Bonchev–Trinajstić information content (AvgIpc) is 3.16. The first-order valence-corrected chi connectivity index (χ1v) is 13.9. The van der Waals surface area contributed by atoms with Gasteiger partial charge in [0.05, 0.1) is 18.4 Å². The maximum absolute atomic E-state index is 13.1. The zero-order chi connectivity index (χ0) is 27.9. The summed E-state index contributed by atoms with van der Waals surface area (Å²) in [6, 6.07) is 10.2. The van der Waals surface area contributed by atoms with Gasteiger partial charge in [0.1, 0.15) is 17.6 Å². The molecule has 3 aromatic rings. The molecule has 0 bridgehead atoms. The highest BCUT2D eigenvalue weighted by Crippen LogP contribution is 2.27. The molecule has 38 heavy (non-hydrogen) atoms. The summed E-state index contributed by atoms with van der Waals surface area (Å²) in [7, 11) is -2.28. The Balaban J connectivity index is 1.73. The second-order valence-electron chi connectivity index (χ2n) is 9.30. The Labute approximate surface area is 222 Å². The number of nitrogens with one attached hydrogen (secondary N) is 3. The van der Waals surface area contributed by atoms with Gasteiger partial charge in [-0.1, -0.05) is 12.8 Å². The number of ether oxygens (including phenoxy) is 1. The smallest absolute Gasteiger partial charge is 0.246 e. The van der Waals surface area contributed by atoms with Crippen LogP contribution in [0, 0.1) is 6.92 Å². The van der Waals surface area contributed by atoms with Crippen LogP contribution in [0.2, 0.25) is 0 Å². The highest BCUT2D eigenvalue weighted by atomic mass is 32.2. The number of aryl methyl sites for hydroxylation is 1. The fourth-order valence-electron chi connectivity index (χ4n) is 4.25. The van der Waals surface area contributed by atoms with E-state index in [2.05, 4.69) is 15.6 Å². The number of aromatic nitrogens is 1. The van der Waals surface area contributed by atoms with Crippen LogP contribution in [0.4, 0.5) is 5.69 Å². The van der Waals surface area contributed by atoms with Crippen LogP contribution in [0.15, 0.2) is 47.4 Å². The maximum Gasteiger partial charge on any atom is 0.246 e. The van der Waals surface area contributed by atoms with Gasteiger partial charge in [-0.15, -0.1) is 0 Å². The molecule has 1 atom stereocenters. The number of carbonyl (C=O) groups is 3. The molecule has 2 aromatic carbocycles. The van der Waals surface area contributed by atoms with Gasteiger partial charge in [-0.2, -0.15) is 0 Å². The number of fused-ring (bicyclic) bond motifs is 1. The minimum atomic E-state index is -3.86. The molecular formula is C27H34N4O6S. The molecule has 1 heterocycles. The summed E-state index contributed by atoms with van der Waals surface area (Å²) in [5, 5.41) is 11.6. The highest BCUT2D eigenvalue weighted by molar-refractivity contribution is 7.89. The fourth-order valence-corrected chi connectivity index (χ4v) is 4.76. The van der Waals surface area contributed by atoms with Crippen molar-refractivity contribution in [2.45, 2.75) is 63.3 Å². The first-order chi connectivity index (χ1) is 18.0. The van der Waals surface area contributed by atoms with E-state index in [9.17, 15) is 22.8 Å². The number of benzene rings is 2. The standard InChI is InChI=1S/C27H34N4O6S/c1-17(32)7-5-4-6-8-25(27(34)30-19-9-12-21(13-10-19)38(28,35)36)31-26(33)16-22-18(2)29-24-14-11-20(37-3)15-23(22)24/h9-15,25,29H,4-8,16H2,1-3H3,(H,30,34)(H,31,33)(H2,28,35,36)/t25-/m0/s1. The lowest BCUT2D eigenvalue weighted by Gasteiger charge is -2.19. The summed E-state index contributed by atoms with van der Waals surface area (Å²) in [6.07, 6.45) is 3.01. The number of aromatic amines is 1. The van der Waals surface area contributed by atoms with E-state index in [1.54, 1.807) is 14.0 Å². The largest absolute Gasteiger partial charge is 0.497 e. The van der Waals surface area contributed by atoms with Gasteiger partial charge in [0.15, 0.2) is 0 Å². The van der Waals surface area contributed by atoms with Crippen LogP contribution in [0.3, 0.4) is 0 Å². The van der Waals surface area contributed by atoms with Crippen molar-refractivity contribution in [2.24, 2.45) is 5.14 Å². The molecule has 0 saturated heterocycles. The van der Waals surface area contributed by atoms with Crippen molar-refractivity contribution < 1.29 is 27.5 Å². The van der Waals surface area contributed by atoms with Crippen LogP contribution in [0.1, 0.15) is 50.3 Å². The molecule has 0 aliphatic rings. The molecule has 0 unspecified atom stereocenters. The molecule has 204 valence electrons. The zero-order valence-electron chi connectivity index (χ0n) is 21.8. The van der Waals surface area contributed by atoms with Crippen LogP contribution in [0.5, 0.6) is 5.75 Å². The third-order valence-corrected chi connectivity index (χ3v) is 7.22. The van der Waals surface area contributed by atoms with E-state index < -0.39 is 22.0 Å². The lowest BCUT2D eigenvalue weighted by atomic mass is 10.0. The van der Waals surface area contributed by atoms with Gasteiger partial charge in [-0.3, -0.25) is 9.59 Å². The summed E-state index contributed by atoms with van der Waals surface area (Å²) in [4.78, 5) is 40.6. The monoisotopic (exact) mass is 542 g/mol. The van der Waals surface area contributed by atoms with Crippen molar-refractivity contribution in [3.63, 3.8) is 0 Å². The van der Waals surface area contributed by atoms with Crippen LogP contribution >= 0.6 is 0 Å². The Morgan fingerprint density at radius 2 is 1.76 bits per heavy atom. The van der Waals surface area contributed by atoms with Crippen LogP contribution in [0.25, 0.3) is 10.9 Å². The number of carbonyl (C=O) groups excluding carboxylic acids is 3. The normalized spacial score (nSPS) is 12.2. The van der Waals surface area contributed by atoms with Gasteiger partial charge in [-0.25, -0.2) is 13.6 Å². The number of anilines is 1. The molecule has 3 rings (SSSR count). The molecule has 0 saturated carbocycles. The van der Waals surface area contributed by atoms with Crippen molar-refractivity contribution in [3.05, 3.63) is 53.7 Å². The lowest BCUT2D eigenvalue weighted by molar-refractivity contribution is -0.126. The number of methoxy groups -OCH3 is 1. The number of Topliss-reactive ketones (excluding diaryl/α,β-unsaturated/α-hetero) is 1. The van der Waals surface area contributed by atoms with E-state index in [0.717, 1.165) is 28.6 Å². The topological polar surface area (TPSA) is 160 Å². The van der Waals surface area contributed by atoms with E-state index >= 15 is 0 Å². The zero-order valence-corrected chi connectivity index (χ0v) is 22.6. The molecule has 0 spiro atoms. The fraction of sp³-hybridized carbons (Fsp3) is 0.370. The third-order valence-electron chi connectivity index (χ3n) is 6.29. The van der Waals surface area contributed by atoms with E-state index in [0.29, 0.717) is 37.1 Å². The van der Waals surface area contributed by atoms with Crippen molar-refractivity contribution in [1.29, 1.82) is 0 Å². The average molecular weight is 543 g/mol. The number of H-pyrrole nitrogens is 1. The van der Waals surface area contributed by atoms with E-state index in [-0.39, 0.29) is 23.0 Å². The molecule has 2 amide bonds. The SMILES string of the molecule is COc1ccc2[nH]c(C)c(CC(=O)N[C@@H](CCCCCC(C)=O)C(=O)Nc3ccc(S(N)(=O)=O)cc3)c2c1. The summed E-state index contributed by atoms with van der Waals surface area (Å²) < 4.78 is 28.3. The minimum absolute atomic E-state index is 0.0656. The van der Waals surface area contributed by atoms with Crippen LogP contribution in [-0.2, 0) is 30.8 Å². The van der Waals surface area contributed by atoms with Gasteiger partial charge in [-0.05, 0) is 74.7 Å². The van der Waals surface area contributed by atoms with Crippen molar-refractivity contribution in [2.75, 3.05) is 12.4 Å². The predicted molar refractivity (Wildman–Crippen MR) is 145 cm³/mol. The van der Waals surface area contributed by atoms with Gasteiger partial charge < -0.3 is 25.1 Å². The van der Waals surface area contributed by atoms with Crippen molar-refractivity contribution in [1.82, 2.24) is 10.3 Å². The quantitative estimate of drug-likeness (QED) is 0.242. The van der Waals surface area contributed by atoms with Gasteiger partial charge in [0, 0.05) is 28.7 Å². The number of ketones is 1. The number of nitrogens with two attached hydrogens (primary N) is 1. The summed E-state index contributed by atoms with van der Waals surface area (Å²) in [5.74, 6) is 0.0477. The number of hydrogen-bond donors (Lipinski definition) is 4. The molecule has 0 radical (unpaired) electrons. The Hall–Kier alpha value is -3.70. The van der Waals surface area contributed by atoms with E-state index in [4.69, 9.17) is 9.88 Å². The van der Waals surface area contributed by atoms with Gasteiger partial charge in [0.2, 0.25) is 21.8 Å². The first kappa shape index (κ1) is 28.9. The Morgan fingerprint density at radius 1 is 1.05 bits per heavy atom. The summed E-state index contributed by atoms with van der Waals surface area (Å²) >= 11 is 0. The Bertz CT molecular complexity index is 1410. The number of hydrogen-bond acceptors (Lipinski definition) is 6. The second kappa shape index (κ2) is 12.7. The Kier molecular flexibility index (Phi) is 9.65. The summed E-state index contributed by atoms with van der Waals surface area (Å²) in [6.45, 7) is 3.43. The van der Waals surface area contributed by atoms with E-state index in [1.165, 1.54) is 24.3 Å². The number of amides is 2. The number of rotatable bonds is 13. The molecule has 1 aromatic heterocycles. The third kappa shape index (κ3) is 7.90. The van der Waals surface area contributed by atoms with Crippen molar-refractivity contribution in [3.8, 4) is 5.75 Å². The molecule has 10 nitrogen and oxygen atoms in total. The molecule has 11 heteroatoms. The molecule has 0 aliphatic carbocycles. The number of unbranched alkanes of at least 4 members (excludes halogenated alkanes) is 2.